The number of hydrogen-bond acceptors (Lipinski definition) is 2. The normalized spacial score (nSPS) is 18.1. The Balaban J connectivity index is 2.22. The number of nitrogens with one attached hydrogen (secondary N) is 1. The monoisotopic (exact) mass is 213 g/mol. The van der Waals surface area contributed by atoms with Gasteiger partial charge in [-0.1, -0.05) is 26.7 Å². The van der Waals surface area contributed by atoms with E-state index in [0.29, 0.717) is 5.92 Å². The van der Waals surface area contributed by atoms with Crippen molar-refractivity contribution in [1.82, 2.24) is 5.32 Å². The van der Waals surface area contributed by atoms with E-state index in [0.717, 1.165) is 45.4 Å². The van der Waals surface area contributed by atoms with Crippen LogP contribution in [0.3, 0.4) is 0 Å². The van der Waals surface area contributed by atoms with E-state index in [1.165, 1.54) is 0 Å². The van der Waals surface area contributed by atoms with Crippen molar-refractivity contribution in [3.05, 3.63) is 0 Å². The average Bonchev–Trinajstić information content (AvgIpc) is 2.31. The third-order valence-electron chi connectivity index (χ3n) is 3.31. The van der Waals surface area contributed by atoms with E-state index in [1.54, 1.807) is 0 Å². The quantitative estimate of drug-likeness (QED) is 0.758. The van der Waals surface area contributed by atoms with Crippen LogP contribution < -0.4 is 5.32 Å². The molecule has 0 aromatic rings. The fourth-order valence-corrected chi connectivity index (χ4v) is 1.93. The molecule has 0 saturated carbocycles. The van der Waals surface area contributed by atoms with E-state index in [2.05, 4.69) is 19.2 Å². The van der Waals surface area contributed by atoms with Crippen LogP contribution in [0.15, 0.2) is 0 Å². The summed E-state index contributed by atoms with van der Waals surface area (Å²) in [6.45, 7) is 6.67. The van der Waals surface area contributed by atoms with Crippen LogP contribution in [0.5, 0.6) is 0 Å². The Bertz CT molecular complexity index is 184. The second-order valence-corrected chi connectivity index (χ2v) is 4.31. The molecule has 3 nitrogen and oxygen atoms in total. The van der Waals surface area contributed by atoms with Crippen LogP contribution in [0.2, 0.25) is 0 Å². The Morgan fingerprint density at radius 3 is 2.47 bits per heavy atom. The van der Waals surface area contributed by atoms with Crippen LogP contribution in [0, 0.1) is 11.8 Å². The first kappa shape index (κ1) is 12.5. The molecule has 1 fully saturated rings. The lowest BCUT2D eigenvalue weighted by molar-refractivity contribution is -0.128. The average molecular weight is 213 g/mol. The molecule has 0 unspecified atom stereocenters. The molecular weight excluding hydrogens is 190 g/mol. The van der Waals surface area contributed by atoms with Gasteiger partial charge in [-0.15, -0.1) is 0 Å². The molecule has 0 atom stereocenters. The first-order valence-electron chi connectivity index (χ1n) is 6.13. The van der Waals surface area contributed by atoms with Gasteiger partial charge in [0.2, 0.25) is 5.91 Å². The molecule has 1 aliphatic heterocycles. The predicted octanol–water partition coefficient (Wildman–Crippen LogP) is 1.97. The van der Waals surface area contributed by atoms with Crippen molar-refractivity contribution in [2.75, 3.05) is 19.8 Å². The minimum absolute atomic E-state index is 0.188. The predicted molar refractivity (Wildman–Crippen MR) is 60.6 cm³/mol. The van der Waals surface area contributed by atoms with Gasteiger partial charge < -0.3 is 10.1 Å². The highest BCUT2D eigenvalue weighted by Crippen LogP contribution is 2.15. The zero-order chi connectivity index (χ0) is 11.1. The molecule has 0 aromatic carbocycles. The van der Waals surface area contributed by atoms with Crippen LogP contribution in [0.25, 0.3) is 0 Å². The first-order chi connectivity index (χ1) is 7.27. The van der Waals surface area contributed by atoms with Gasteiger partial charge in [0, 0.05) is 25.7 Å². The van der Waals surface area contributed by atoms with Gasteiger partial charge in [0.25, 0.3) is 0 Å². The second kappa shape index (κ2) is 6.83. The fourth-order valence-electron chi connectivity index (χ4n) is 1.93. The zero-order valence-corrected chi connectivity index (χ0v) is 9.92. The number of carbonyl (C=O) groups excluding carboxylic acids is 1. The van der Waals surface area contributed by atoms with Crippen molar-refractivity contribution in [3.8, 4) is 0 Å². The summed E-state index contributed by atoms with van der Waals surface area (Å²) in [6.07, 6.45) is 4.05. The van der Waals surface area contributed by atoms with E-state index >= 15 is 0 Å². The molecule has 1 N–H and O–H groups in total. The number of hydrogen-bond donors (Lipinski definition) is 1. The van der Waals surface area contributed by atoms with Crippen LogP contribution in [-0.2, 0) is 9.53 Å². The lowest BCUT2D eigenvalue weighted by Crippen LogP contribution is -2.36. The van der Waals surface area contributed by atoms with Crippen LogP contribution in [0.1, 0.15) is 39.5 Å². The molecule has 0 spiro atoms. The minimum Gasteiger partial charge on any atom is -0.381 e. The molecule has 1 aliphatic rings. The third-order valence-corrected chi connectivity index (χ3v) is 3.31. The molecule has 1 saturated heterocycles. The molecular formula is C12H23NO2. The van der Waals surface area contributed by atoms with E-state index in [1.807, 2.05) is 0 Å². The summed E-state index contributed by atoms with van der Waals surface area (Å²) in [5.74, 6) is 1.05. The molecule has 0 radical (unpaired) electrons. The van der Waals surface area contributed by atoms with Crippen molar-refractivity contribution in [1.29, 1.82) is 0 Å². The van der Waals surface area contributed by atoms with Crippen molar-refractivity contribution >= 4 is 5.91 Å². The largest absolute Gasteiger partial charge is 0.381 e. The zero-order valence-electron chi connectivity index (χ0n) is 9.92. The Labute approximate surface area is 92.6 Å². The van der Waals surface area contributed by atoms with Gasteiger partial charge in [-0.05, 0) is 18.8 Å². The highest BCUT2D eigenvalue weighted by atomic mass is 16.5. The maximum atomic E-state index is 11.8. The fraction of sp³-hybridized carbons (Fsp3) is 0.917. The Morgan fingerprint density at radius 2 is 1.93 bits per heavy atom. The Kier molecular flexibility index (Phi) is 5.69. The maximum Gasteiger partial charge on any atom is 0.223 e. The molecule has 1 amide bonds. The molecule has 15 heavy (non-hydrogen) atoms. The summed E-state index contributed by atoms with van der Waals surface area (Å²) in [6, 6.07) is 0. The summed E-state index contributed by atoms with van der Waals surface area (Å²) in [4.78, 5) is 11.8. The standard InChI is InChI=1S/C12H23NO2/c1-3-10(4-2)9-13-12(14)11-5-7-15-8-6-11/h10-11H,3-9H2,1-2H3,(H,13,14). The van der Waals surface area contributed by atoms with Crippen molar-refractivity contribution < 1.29 is 9.53 Å². The van der Waals surface area contributed by atoms with Gasteiger partial charge in [0.15, 0.2) is 0 Å². The molecule has 1 heterocycles. The van der Waals surface area contributed by atoms with Crippen molar-refractivity contribution in [3.63, 3.8) is 0 Å². The lowest BCUT2D eigenvalue weighted by Gasteiger charge is -2.22. The Morgan fingerprint density at radius 1 is 1.33 bits per heavy atom. The molecule has 0 aliphatic carbocycles. The van der Waals surface area contributed by atoms with Crippen molar-refractivity contribution in [2.45, 2.75) is 39.5 Å². The Hall–Kier alpha value is -0.570. The SMILES string of the molecule is CCC(CC)CNC(=O)C1CCOCC1. The minimum atomic E-state index is 0.188. The molecule has 1 rings (SSSR count). The van der Waals surface area contributed by atoms with Gasteiger partial charge in [0.1, 0.15) is 0 Å². The second-order valence-electron chi connectivity index (χ2n) is 4.31. The van der Waals surface area contributed by atoms with Crippen LogP contribution >= 0.6 is 0 Å². The summed E-state index contributed by atoms with van der Waals surface area (Å²) in [7, 11) is 0. The summed E-state index contributed by atoms with van der Waals surface area (Å²) in [5, 5.41) is 3.06. The highest BCUT2D eigenvalue weighted by molar-refractivity contribution is 5.78. The number of ether oxygens (including phenoxy) is 1. The van der Waals surface area contributed by atoms with Gasteiger partial charge >= 0.3 is 0 Å². The number of carbonyl (C=O) groups is 1. The van der Waals surface area contributed by atoms with Gasteiger partial charge in [0.05, 0.1) is 0 Å². The van der Waals surface area contributed by atoms with E-state index in [-0.39, 0.29) is 11.8 Å². The van der Waals surface area contributed by atoms with Crippen LogP contribution in [-0.4, -0.2) is 25.7 Å². The topological polar surface area (TPSA) is 38.3 Å². The summed E-state index contributed by atoms with van der Waals surface area (Å²) < 4.78 is 5.24. The number of amides is 1. The highest BCUT2D eigenvalue weighted by Gasteiger charge is 2.21. The van der Waals surface area contributed by atoms with E-state index < -0.39 is 0 Å². The molecule has 3 heteroatoms. The smallest absolute Gasteiger partial charge is 0.223 e. The molecule has 88 valence electrons. The molecule has 0 aromatic heterocycles. The summed E-state index contributed by atoms with van der Waals surface area (Å²) in [5.41, 5.74) is 0. The third kappa shape index (κ3) is 4.20. The first-order valence-corrected chi connectivity index (χ1v) is 6.13. The number of rotatable bonds is 5. The van der Waals surface area contributed by atoms with Gasteiger partial charge in [-0.25, -0.2) is 0 Å². The van der Waals surface area contributed by atoms with Gasteiger partial charge in [-0.3, -0.25) is 4.79 Å². The lowest BCUT2D eigenvalue weighted by atomic mass is 9.98. The summed E-state index contributed by atoms with van der Waals surface area (Å²) >= 11 is 0. The maximum absolute atomic E-state index is 11.8. The molecule has 0 bridgehead atoms. The van der Waals surface area contributed by atoms with Gasteiger partial charge in [-0.2, -0.15) is 0 Å². The van der Waals surface area contributed by atoms with E-state index in [4.69, 9.17) is 4.74 Å². The van der Waals surface area contributed by atoms with Crippen LogP contribution in [0.4, 0.5) is 0 Å². The van der Waals surface area contributed by atoms with Crippen molar-refractivity contribution in [2.24, 2.45) is 11.8 Å². The van der Waals surface area contributed by atoms with E-state index in [9.17, 15) is 4.79 Å².